The fraction of sp³-hybridized carbons (Fsp3) is 0.450. The fourth-order valence-electron chi connectivity index (χ4n) is 4.04. The SMILES string of the molecule is N#CC1CCCN1C(=O)CN1CC[C@@H](Nc2ccnc3ccc(Cl)cc23)C1. The van der Waals surface area contributed by atoms with E-state index in [1.54, 1.807) is 11.1 Å². The number of anilines is 1. The number of benzene rings is 1. The van der Waals surface area contributed by atoms with Gasteiger partial charge in [-0.25, -0.2) is 0 Å². The minimum atomic E-state index is -0.248. The molecule has 2 fully saturated rings. The summed E-state index contributed by atoms with van der Waals surface area (Å²) in [6.45, 7) is 2.77. The van der Waals surface area contributed by atoms with Gasteiger partial charge >= 0.3 is 0 Å². The number of nitrogens with zero attached hydrogens (tertiary/aromatic N) is 4. The summed E-state index contributed by atoms with van der Waals surface area (Å²) in [5, 5.41) is 14.5. The van der Waals surface area contributed by atoms with Crippen molar-refractivity contribution < 1.29 is 4.79 Å². The maximum absolute atomic E-state index is 12.5. The highest BCUT2D eigenvalue weighted by atomic mass is 35.5. The van der Waals surface area contributed by atoms with Crippen LogP contribution in [0, 0.1) is 11.3 Å². The molecular formula is C20H22ClN5O. The van der Waals surface area contributed by atoms with E-state index in [0.717, 1.165) is 48.9 Å². The lowest BCUT2D eigenvalue weighted by molar-refractivity contribution is -0.132. The average Bonchev–Trinajstić information content (AvgIpc) is 3.31. The fourth-order valence-corrected chi connectivity index (χ4v) is 4.21. The molecule has 27 heavy (non-hydrogen) atoms. The molecule has 7 heteroatoms. The first-order chi connectivity index (χ1) is 13.1. The lowest BCUT2D eigenvalue weighted by atomic mass is 10.1. The Bertz CT molecular complexity index is 896. The van der Waals surface area contributed by atoms with Crippen LogP contribution in [0.5, 0.6) is 0 Å². The molecule has 0 bridgehead atoms. The summed E-state index contributed by atoms with van der Waals surface area (Å²) in [5.74, 6) is 0.0702. The normalized spacial score (nSPS) is 22.9. The van der Waals surface area contributed by atoms with Gasteiger partial charge in [-0.1, -0.05) is 11.6 Å². The highest BCUT2D eigenvalue weighted by molar-refractivity contribution is 6.31. The number of carbonyl (C=O) groups is 1. The number of hydrogen-bond donors (Lipinski definition) is 1. The summed E-state index contributed by atoms with van der Waals surface area (Å²) in [5.41, 5.74) is 1.93. The number of pyridine rings is 1. The van der Waals surface area contributed by atoms with Gasteiger partial charge in [-0.05, 0) is 43.5 Å². The first-order valence-electron chi connectivity index (χ1n) is 9.36. The van der Waals surface area contributed by atoms with Crippen LogP contribution >= 0.6 is 11.6 Å². The maximum Gasteiger partial charge on any atom is 0.237 e. The van der Waals surface area contributed by atoms with Crippen LogP contribution in [0.15, 0.2) is 30.5 Å². The van der Waals surface area contributed by atoms with Gasteiger partial charge in [0.15, 0.2) is 0 Å². The third-order valence-corrected chi connectivity index (χ3v) is 5.65. The van der Waals surface area contributed by atoms with Crippen molar-refractivity contribution in [1.82, 2.24) is 14.8 Å². The number of hydrogen-bond acceptors (Lipinski definition) is 5. The molecule has 6 nitrogen and oxygen atoms in total. The zero-order chi connectivity index (χ0) is 18.8. The number of amides is 1. The molecule has 2 saturated heterocycles. The Hall–Kier alpha value is -2.36. The van der Waals surface area contributed by atoms with Crippen LogP contribution < -0.4 is 5.32 Å². The van der Waals surface area contributed by atoms with Gasteiger partial charge < -0.3 is 10.2 Å². The van der Waals surface area contributed by atoms with Gasteiger partial charge in [0.1, 0.15) is 6.04 Å². The molecule has 2 aliphatic rings. The van der Waals surface area contributed by atoms with Gasteiger partial charge in [0, 0.05) is 48.0 Å². The largest absolute Gasteiger partial charge is 0.380 e. The summed E-state index contributed by atoms with van der Waals surface area (Å²) in [4.78, 5) is 20.8. The van der Waals surface area contributed by atoms with E-state index >= 15 is 0 Å². The quantitative estimate of drug-likeness (QED) is 0.878. The molecule has 3 heterocycles. The molecule has 1 aromatic heterocycles. The minimum absolute atomic E-state index is 0.0702. The predicted octanol–water partition coefficient (Wildman–Crippen LogP) is 2.89. The van der Waals surface area contributed by atoms with Crippen LogP contribution in [-0.2, 0) is 4.79 Å². The zero-order valence-electron chi connectivity index (χ0n) is 15.1. The molecule has 1 N–H and O–H groups in total. The lowest BCUT2D eigenvalue weighted by Crippen LogP contribution is -2.42. The van der Waals surface area contributed by atoms with Gasteiger partial charge in [-0.15, -0.1) is 0 Å². The Balaban J connectivity index is 1.38. The van der Waals surface area contributed by atoms with E-state index in [-0.39, 0.29) is 18.0 Å². The number of halogens is 1. The molecule has 1 unspecified atom stereocenters. The third-order valence-electron chi connectivity index (χ3n) is 5.42. The molecule has 2 aliphatic heterocycles. The molecule has 0 radical (unpaired) electrons. The Morgan fingerprint density at radius 1 is 1.33 bits per heavy atom. The summed E-state index contributed by atoms with van der Waals surface area (Å²) in [6.07, 6.45) is 4.49. The molecule has 1 amide bonds. The van der Waals surface area contributed by atoms with E-state index in [2.05, 4.69) is 21.3 Å². The van der Waals surface area contributed by atoms with Crippen molar-refractivity contribution >= 4 is 34.1 Å². The second-order valence-electron chi connectivity index (χ2n) is 7.26. The topological polar surface area (TPSA) is 72.3 Å². The molecule has 2 aromatic rings. The molecule has 1 aromatic carbocycles. The molecule has 0 aliphatic carbocycles. The number of rotatable bonds is 4. The van der Waals surface area contributed by atoms with E-state index in [0.29, 0.717) is 18.1 Å². The molecular weight excluding hydrogens is 362 g/mol. The van der Waals surface area contributed by atoms with Crippen molar-refractivity contribution in [2.24, 2.45) is 0 Å². The van der Waals surface area contributed by atoms with Crippen LogP contribution in [0.2, 0.25) is 5.02 Å². The molecule has 0 saturated carbocycles. The van der Waals surface area contributed by atoms with Crippen molar-refractivity contribution in [3.63, 3.8) is 0 Å². The van der Waals surface area contributed by atoms with Crippen molar-refractivity contribution in [2.45, 2.75) is 31.3 Å². The highest BCUT2D eigenvalue weighted by Crippen LogP contribution is 2.27. The number of likely N-dealkylation sites (tertiary alicyclic amines) is 2. The van der Waals surface area contributed by atoms with Gasteiger partial charge in [-0.3, -0.25) is 14.7 Å². The highest BCUT2D eigenvalue weighted by Gasteiger charge is 2.31. The predicted molar refractivity (Wildman–Crippen MR) is 106 cm³/mol. The first kappa shape index (κ1) is 18.0. The van der Waals surface area contributed by atoms with Crippen molar-refractivity contribution in [3.05, 3.63) is 35.5 Å². The Labute approximate surface area is 163 Å². The van der Waals surface area contributed by atoms with Crippen molar-refractivity contribution in [2.75, 3.05) is 31.5 Å². The van der Waals surface area contributed by atoms with Crippen LogP contribution in [0.25, 0.3) is 10.9 Å². The number of nitrogens with one attached hydrogen (secondary N) is 1. The van der Waals surface area contributed by atoms with Crippen LogP contribution in [0.3, 0.4) is 0 Å². The summed E-state index contributed by atoms with van der Waals surface area (Å²) >= 11 is 6.14. The maximum atomic E-state index is 12.5. The van der Waals surface area contributed by atoms with E-state index in [1.165, 1.54) is 0 Å². The Morgan fingerprint density at radius 3 is 3.07 bits per heavy atom. The van der Waals surface area contributed by atoms with Gasteiger partial charge in [0.2, 0.25) is 5.91 Å². The van der Waals surface area contributed by atoms with Crippen molar-refractivity contribution in [3.8, 4) is 6.07 Å². The Kier molecular flexibility index (Phi) is 5.15. The Morgan fingerprint density at radius 2 is 2.22 bits per heavy atom. The third kappa shape index (κ3) is 3.85. The summed E-state index contributed by atoms with van der Waals surface area (Å²) in [6, 6.07) is 9.92. The lowest BCUT2D eigenvalue weighted by Gasteiger charge is -2.23. The number of aromatic nitrogens is 1. The molecule has 140 valence electrons. The van der Waals surface area contributed by atoms with Crippen LogP contribution in [0.1, 0.15) is 19.3 Å². The first-order valence-corrected chi connectivity index (χ1v) is 9.74. The number of carbonyl (C=O) groups excluding carboxylic acids is 1. The number of fused-ring (bicyclic) bond motifs is 1. The van der Waals surface area contributed by atoms with E-state index < -0.39 is 0 Å². The smallest absolute Gasteiger partial charge is 0.237 e. The zero-order valence-corrected chi connectivity index (χ0v) is 15.8. The van der Waals surface area contributed by atoms with Crippen molar-refractivity contribution in [1.29, 1.82) is 5.26 Å². The van der Waals surface area contributed by atoms with Gasteiger partial charge in [-0.2, -0.15) is 5.26 Å². The second-order valence-corrected chi connectivity index (χ2v) is 7.70. The van der Waals surface area contributed by atoms with E-state index in [4.69, 9.17) is 11.6 Å². The number of nitriles is 1. The summed E-state index contributed by atoms with van der Waals surface area (Å²) in [7, 11) is 0. The van der Waals surface area contributed by atoms with E-state index in [9.17, 15) is 10.1 Å². The van der Waals surface area contributed by atoms with Gasteiger partial charge in [0.05, 0.1) is 18.1 Å². The minimum Gasteiger partial charge on any atom is -0.380 e. The van der Waals surface area contributed by atoms with Crippen LogP contribution in [-0.4, -0.2) is 59.0 Å². The van der Waals surface area contributed by atoms with Gasteiger partial charge in [0.25, 0.3) is 0 Å². The van der Waals surface area contributed by atoms with Crippen LogP contribution in [0.4, 0.5) is 5.69 Å². The van der Waals surface area contributed by atoms with E-state index in [1.807, 2.05) is 24.3 Å². The average molecular weight is 384 g/mol. The molecule has 0 spiro atoms. The second kappa shape index (κ2) is 7.71. The molecule has 2 atom stereocenters. The monoisotopic (exact) mass is 383 g/mol. The summed E-state index contributed by atoms with van der Waals surface area (Å²) < 4.78 is 0. The standard InChI is InChI=1S/C20H22ClN5O/c21-14-3-4-18-17(10-14)19(5-7-23-18)24-15-6-9-25(12-15)13-20(27)26-8-1-2-16(26)11-22/h3-5,7,10,15-16H,1-2,6,8-9,12-13H2,(H,23,24)/t15-,16?/m1/s1. The molecule has 4 rings (SSSR count).